The van der Waals surface area contributed by atoms with Gasteiger partial charge < -0.3 is 4.90 Å². The first-order valence-electron chi connectivity index (χ1n) is 8.07. The van der Waals surface area contributed by atoms with Gasteiger partial charge in [0.15, 0.2) is 5.13 Å². The van der Waals surface area contributed by atoms with Crippen LogP contribution in [0.3, 0.4) is 0 Å². The Bertz CT molecular complexity index is 824. The molecule has 0 unspecified atom stereocenters. The van der Waals surface area contributed by atoms with Crippen molar-refractivity contribution in [3.8, 4) is 0 Å². The number of aryl methyl sites for hydroxylation is 1. The zero-order valence-corrected chi connectivity index (χ0v) is 15.8. The highest BCUT2D eigenvalue weighted by atomic mass is 32.1. The molecule has 0 bridgehead atoms. The van der Waals surface area contributed by atoms with E-state index in [1.54, 1.807) is 11.3 Å². The van der Waals surface area contributed by atoms with E-state index < -0.39 is 0 Å². The smallest absolute Gasteiger partial charge is 0.270 e. The van der Waals surface area contributed by atoms with Crippen molar-refractivity contribution in [1.29, 1.82) is 0 Å². The van der Waals surface area contributed by atoms with Crippen molar-refractivity contribution in [3.63, 3.8) is 0 Å². The molecule has 0 atom stereocenters. The first kappa shape index (κ1) is 17.1. The molecule has 1 N–H and O–H groups in total. The lowest BCUT2D eigenvalue weighted by Gasteiger charge is -2.19. The Kier molecular flexibility index (Phi) is 5.28. The summed E-state index contributed by atoms with van der Waals surface area (Å²) in [5.41, 5.74) is 2.15. The summed E-state index contributed by atoms with van der Waals surface area (Å²) in [6.07, 6.45) is 0.953. The molecule has 0 aliphatic heterocycles. The maximum atomic E-state index is 12.9. The van der Waals surface area contributed by atoms with E-state index in [2.05, 4.69) is 33.2 Å². The van der Waals surface area contributed by atoms with Crippen molar-refractivity contribution in [3.05, 3.63) is 46.2 Å². The Morgan fingerprint density at radius 2 is 2.08 bits per heavy atom. The third-order valence-electron chi connectivity index (χ3n) is 3.88. The number of carbonyl (C=O) groups excluding carboxylic acids is 1. The van der Waals surface area contributed by atoms with Crippen LogP contribution in [0, 0.1) is 6.92 Å². The topological polar surface area (TPSA) is 37.6 Å². The van der Waals surface area contributed by atoms with Crippen LogP contribution in [0.25, 0.3) is 10.2 Å². The molecule has 1 aromatic carbocycles. The van der Waals surface area contributed by atoms with Gasteiger partial charge >= 0.3 is 0 Å². The molecule has 0 spiro atoms. The van der Waals surface area contributed by atoms with E-state index in [0.29, 0.717) is 6.54 Å². The average molecular weight is 361 g/mol. The Morgan fingerprint density at radius 3 is 2.75 bits per heavy atom. The van der Waals surface area contributed by atoms with Crippen LogP contribution >= 0.6 is 22.7 Å². The van der Waals surface area contributed by atoms with Gasteiger partial charge in [-0.1, -0.05) is 29.5 Å². The zero-order valence-electron chi connectivity index (χ0n) is 14.2. The lowest BCUT2D eigenvalue weighted by Crippen LogP contribution is -3.05. The summed E-state index contributed by atoms with van der Waals surface area (Å²) in [4.78, 5) is 21.7. The molecule has 2 heterocycles. The molecule has 0 fully saturated rings. The predicted octanol–water partition coefficient (Wildman–Crippen LogP) is 2.85. The Morgan fingerprint density at radius 1 is 1.25 bits per heavy atom. The van der Waals surface area contributed by atoms with Gasteiger partial charge in [-0.3, -0.25) is 9.69 Å². The van der Waals surface area contributed by atoms with Crippen LogP contribution in [-0.2, 0) is 0 Å². The van der Waals surface area contributed by atoms with Crippen LogP contribution < -0.4 is 9.80 Å². The number of amides is 1. The number of nitrogens with one attached hydrogen (secondary N) is 1. The van der Waals surface area contributed by atoms with Crippen molar-refractivity contribution in [2.75, 3.05) is 32.1 Å². The summed E-state index contributed by atoms with van der Waals surface area (Å²) < 4.78 is 1.13. The molecule has 0 aliphatic rings. The van der Waals surface area contributed by atoms with E-state index in [-0.39, 0.29) is 5.91 Å². The number of rotatable bonds is 6. The molecule has 6 heteroatoms. The molecule has 3 aromatic rings. The van der Waals surface area contributed by atoms with Gasteiger partial charge in [0.2, 0.25) is 0 Å². The van der Waals surface area contributed by atoms with Crippen molar-refractivity contribution >= 4 is 43.9 Å². The quantitative estimate of drug-likeness (QED) is 0.734. The van der Waals surface area contributed by atoms with Gasteiger partial charge in [0.1, 0.15) is 0 Å². The summed E-state index contributed by atoms with van der Waals surface area (Å²) in [5.74, 6) is 0.0514. The second kappa shape index (κ2) is 7.42. The first-order chi connectivity index (χ1) is 11.6. The number of para-hydroxylation sites is 1. The normalized spacial score (nSPS) is 11.3. The van der Waals surface area contributed by atoms with Crippen LogP contribution in [0.1, 0.15) is 21.7 Å². The van der Waals surface area contributed by atoms with E-state index in [1.165, 1.54) is 16.2 Å². The highest BCUT2D eigenvalue weighted by molar-refractivity contribution is 7.22. The van der Waals surface area contributed by atoms with Crippen molar-refractivity contribution in [2.24, 2.45) is 0 Å². The number of hydrogen-bond acceptors (Lipinski definition) is 4. The van der Waals surface area contributed by atoms with Crippen LogP contribution in [0.5, 0.6) is 0 Å². The lowest BCUT2D eigenvalue weighted by molar-refractivity contribution is -0.858. The molecule has 3 rings (SSSR count). The minimum atomic E-state index is 0.0514. The third kappa shape index (κ3) is 3.66. The van der Waals surface area contributed by atoms with Gasteiger partial charge in [-0.25, -0.2) is 4.98 Å². The highest BCUT2D eigenvalue weighted by Gasteiger charge is 2.22. The van der Waals surface area contributed by atoms with Gasteiger partial charge in [0, 0.05) is 13.0 Å². The fourth-order valence-electron chi connectivity index (χ4n) is 2.60. The Hall–Kier alpha value is -1.76. The van der Waals surface area contributed by atoms with Gasteiger partial charge in [0.05, 0.1) is 35.7 Å². The molecular weight excluding hydrogens is 338 g/mol. The molecule has 1 amide bonds. The summed E-state index contributed by atoms with van der Waals surface area (Å²) in [7, 11) is 4.26. The minimum Gasteiger partial charge on any atom is -0.340 e. The SMILES string of the molecule is Cc1cccc2sc(N(CCC[NH+](C)C)C(=O)c3cccs3)nc12. The average Bonchev–Trinajstić information content (AvgIpc) is 3.20. The van der Waals surface area contributed by atoms with Gasteiger partial charge in [-0.05, 0) is 30.0 Å². The van der Waals surface area contributed by atoms with Crippen molar-refractivity contribution in [2.45, 2.75) is 13.3 Å². The number of fused-ring (bicyclic) bond motifs is 1. The van der Waals surface area contributed by atoms with Crippen molar-refractivity contribution in [1.82, 2.24) is 4.98 Å². The Labute approximate surface area is 150 Å². The van der Waals surface area contributed by atoms with Gasteiger partial charge in [-0.15, -0.1) is 11.3 Å². The highest BCUT2D eigenvalue weighted by Crippen LogP contribution is 2.31. The maximum absolute atomic E-state index is 12.9. The fraction of sp³-hybridized carbons (Fsp3) is 0.333. The maximum Gasteiger partial charge on any atom is 0.270 e. The lowest BCUT2D eigenvalue weighted by atomic mass is 10.2. The fourth-order valence-corrected chi connectivity index (χ4v) is 4.34. The molecule has 0 radical (unpaired) electrons. The minimum absolute atomic E-state index is 0.0514. The van der Waals surface area contributed by atoms with E-state index in [0.717, 1.165) is 38.8 Å². The summed E-state index contributed by atoms with van der Waals surface area (Å²) in [5, 5.41) is 2.74. The van der Waals surface area contributed by atoms with Crippen LogP contribution in [-0.4, -0.2) is 38.1 Å². The number of aromatic nitrogens is 1. The van der Waals surface area contributed by atoms with Gasteiger partial charge in [0.25, 0.3) is 5.91 Å². The van der Waals surface area contributed by atoms with Crippen molar-refractivity contribution < 1.29 is 9.69 Å². The molecule has 0 saturated carbocycles. The number of thiazole rings is 1. The Balaban J connectivity index is 1.92. The number of hydrogen-bond donors (Lipinski definition) is 1. The third-order valence-corrected chi connectivity index (χ3v) is 5.78. The summed E-state index contributed by atoms with van der Waals surface area (Å²) in [6.45, 7) is 3.78. The predicted molar refractivity (Wildman–Crippen MR) is 103 cm³/mol. The molecule has 4 nitrogen and oxygen atoms in total. The number of quaternary nitrogens is 1. The number of benzene rings is 1. The standard InChI is InChI=1S/C18H21N3OS2/c1-13-7-4-8-14-16(13)19-18(24-14)21(11-6-10-20(2)3)17(22)15-9-5-12-23-15/h4-5,7-9,12H,6,10-11H2,1-3H3/p+1. The first-order valence-corrected chi connectivity index (χ1v) is 9.76. The van der Waals surface area contributed by atoms with Crippen LogP contribution in [0.2, 0.25) is 0 Å². The molecule has 24 heavy (non-hydrogen) atoms. The second-order valence-corrected chi connectivity index (χ2v) is 8.12. The molecule has 2 aromatic heterocycles. The van der Waals surface area contributed by atoms with E-state index in [4.69, 9.17) is 4.98 Å². The van der Waals surface area contributed by atoms with Gasteiger partial charge in [-0.2, -0.15) is 0 Å². The number of carbonyl (C=O) groups is 1. The summed E-state index contributed by atoms with van der Waals surface area (Å²) in [6, 6.07) is 9.98. The summed E-state index contributed by atoms with van der Waals surface area (Å²) >= 11 is 3.08. The van der Waals surface area contributed by atoms with E-state index in [9.17, 15) is 4.79 Å². The van der Waals surface area contributed by atoms with E-state index in [1.807, 2.05) is 28.5 Å². The molecular formula is C18H22N3OS2+. The number of nitrogens with zero attached hydrogens (tertiary/aromatic N) is 2. The van der Waals surface area contributed by atoms with Crippen LogP contribution in [0.4, 0.5) is 5.13 Å². The number of anilines is 1. The molecule has 0 saturated heterocycles. The number of thiophene rings is 1. The zero-order chi connectivity index (χ0) is 17.1. The van der Waals surface area contributed by atoms with E-state index >= 15 is 0 Å². The largest absolute Gasteiger partial charge is 0.340 e. The molecule has 0 aliphatic carbocycles. The molecule has 126 valence electrons. The second-order valence-electron chi connectivity index (χ2n) is 6.16. The van der Waals surface area contributed by atoms with Crippen LogP contribution in [0.15, 0.2) is 35.7 Å². The monoisotopic (exact) mass is 360 g/mol.